The topological polar surface area (TPSA) is 50.2 Å². The third kappa shape index (κ3) is 2.46. The van der Waals surface area contributed by atoms with Crippen LogP contribution in [0.5, 0.6) is 0 Å². The zero-order valence-corrected chi connectivity index (χ0v) is 11.5. The first-order chi connectivity index (χ1) is 9.77. The number of hydrogen-bond acceptors (Lipinski definition) is 3. The summed E-state index contributed by atoms with van der Waals surface area (Å²) in [6.45, 7) is 0. The van der Waals surface area contributed by atoms with Gasteiger partial charge >= 0.3 is 0 Å². The summed E-state index contributed by atoms with van der Waals surface area (Å²) in [5.74, 6) is -0.0429. The lowest BCUT2D eigenvalue weighted by atomic mass is 9.82. The molecule has 0 aliphatic heterocycles. The van der Waals surface area contributed by atoms with Gasteiger partial charge in [-0.25, -0.2) is 0 Å². The first-order valence-corrected chi connectivity index (χ1v) is 7.32. The number of benzene rings is 1. The minimum atomic E-state index is -0.874. The fourth-order valence-corrected chi connectivity index (χ4v) is 3.15. The molecular weight excluding hydrogens is 250 g/mol. The summed E-state index contributed by atoms with van der Waals surface area (Å²) in [5.41, 5.74) is 0.591. The molecule has 3 nitrogen and oxygen atoms in total. The Hall–Kier alpha value is -1.74. The number of aliphatic hydroxyl groups excluding tert-OH is 1. The zero-order valence-electron chi connectivity index (χ0n) is 11.5. The molecule has 1 aliphatic carbocycles. The summed E-state index contributed by atoms with van der Waals surface area (Å²) in [4.78, 5) is 16.7. The number of pyridine rings is 1. The van der Waals surface area contributed by atoms with Crippen LogP contribution >= 0.6 is 0 Å². The van der Waals surface area contributed by atoms with E-state index in [0.29, 0.717) is 5.56 Å². The van der Waals surface area contributed by atoms with Gasteiger partial charge in [0.15, 0.2) is 5.78 Å². The quantitative estimate of drug-likeness (QED) is 0.869. The number of ketones is 1. The predicted molar refractivity (Wildman–Crippen MR) is 78.7 cm³/mol. The Balaban J connectivity index is 1.92. The summed E-state index contributed by atoms with van der Waals surface area (Å²) in [7, 11) is 0. The number of Topliss-reactive ketones (excluding diaryl/α,β-unsaturated/α-hetero) is 1. The number of carbonyl (C=O) groups is 1. The highest BCUT2D eigenvalue weighted by molar-refractivity contribution is 6.09. The van der Waals surface area contributed by atoms with E-state index in [0.717, 1.165) is 36.5 Å². The Labute approximate surface area is 118 Å². The molecule has 0 amide bonds. The van der Waals surface area contributed by atoms with Crippen molar-refractivity contribution in [2.75, 3.05) is 0 Å². The molecule has 3 heteroatoms. The van der Waals surface area contributed by atoms with E-state index < -0.39 is 6.10 Å². The van der Waals surface area contributed by atoms with E-state index in [2.05, 4.69) is 4.98 Å². The molecule has 3 rings (SSSR count). The average Bonchev–Trinajstić information content (AvgIpc) is 2.54. The summed E-state index contributed by atoms with van der Waals surface area (Å²) in [5, 5.41) is 12.2. The van der Waals surface area contributed by atoms with E-state index in [1.54, 1.807) is 18.5 Å². The molecule has 1 saturated carbocycles. The van der Waals surface area contributed by atoms with E-state index in [1.165, 1.54) is 6.42 Å². The molecule has 20 heavy (non-hydrogen) atoms. The summed E-state index contributed by atoms with van der Waals surface area (Å²) < 4.78 is 0. The standard InChI is InChI=1S/C17H19NO2/c19-16(13-5-2-1-3-6-13)17(20)14-8-4-7-12-9-10-18-11-15(12)14/h4,7-11,13,16,19H,1-3,5-6H2. The highest BCUT2D eigenvalue weighted by Gasteiger charge is 2.28. The van der Waals surface area contributed by atoms with Gasteiger partial charge in [-0.15, -0.1) is 0 Å². The van der Waals surface area contributed by atoms with Crippen LogP contribution in [-0.2, 0) is 0 Å². The van der Waals surface area contributed by atoms with Gasteiger partial charge in [0.2, 0.25) is 0 Å². The van der Waals surface area contributed by atoms with Crippen LogP contribution in [0.1, 0.15) is 42.5 Å². The van der Waals surface area contributed by atoms with Crippen molar-refractivity contribution in [2.45, 2.75) is 38.2 Å². The van der Waals surface area contributed by atoms with Gasteiger partial charge in [-0.1, -0.05) is 37.5 Å². The van der Waals surface area contributed by atoms with Crippen LogP contribution in [0.25, 0.3) is 10.8 Å². The van der Waals surface area contributed by atoms with Crippen LogP contribution in [0.3, 0.4) is 0 Å². The lowest BCUT2D eigenvalue weighted by molar-refractivity contribution is 0.0536. The monoisotopic (exact) mass is 269 g/mol. The fraction of sp³-hybridized carbons (Fsp3) is 0.412. The van der Waals surface area contributed by atoms with E-state index in [9.17, 15) is 9.90 Å². The van der Waals surface area contributed by atoms with Gasteiger partial charge in [0.05, 0.1) is 0 Å². The highest BCUT2D eigenvalue weighted by atomic mass is 16.3. The lowest BCUT2D eigenvalue weighted by Gasteiger charge is -2.25. The van der Waals surface area contributed by atoms with Gasteiger partial charge in [0.25, 0.3) is 0 Å². The third-order valence-corrected chi connectivity index (χ3v) is 4.31. The van der Waals surface area contributed by atoms with Crippen LogP contribution in [0, 0.1) is 5.92 Å². The summed E-state index contributed by atoms with van der Waals surface area (Å²) in [6, 6.07) is 7.50. The Morgan fingerprint density at radius 3 is 2.80 bits per heavy atom. The number of carbonyl (C=O) groups excluding carboxylic acids is 1. The normalized spacial score (nSPS) is 18.1. The molecule has 1 atom stereocenters. The van der Waals surface area contributed by atoms with Crippen molar-refractivity contribution in [1.29, 1.82) is 0 Å². The molecule has 0 bridgehead atoms. The van der Waals surface area contributed by atoms with Crippen molar-refractivity contribution >= 4 is 16.6 Å². The number of rotatable bonds is 3. The maximum atomic E-state index is 12.6. The molecule has 104 valence electrons. The summed E-state index contributed by atoms with van der Waals surface area (Å²) >= 11 is 0. The molecule has 0 saturated heterocycles. The van der Waals surface area contributed by atoms with Gasteiger partial charge in [-0.05, 0) is 30.2 Å². The van der Waals surface area contributed by atoms with Crippen molar-refractivity contribution in [1.82, 2.24) is 4.98 Å². The smallest absolute Gasteiger partial charge is 0.192 e. The van der Waals surface area contributed by atoms with Crippen LogP contribution in [0.2, 0.25) is 0 Å². The van der Waals surface area contributed by atoms with Gasteiger partial charge < -0.3 is 5.11 Å². The molecule has 1 aromatic heterocycles. The van der Waals surface area contributed by atoms with Crippen LogP contribution in [0.4, 0.5) is 0 Å². The molecule has 1 heterocycles. The number of aliphatic hydroxyl groups is 1. The number of fused-ring (bicyclic) bond motifs is 1. The Morgan fingerprint density at radius 1 is 1.20 bits per heavy atom. The summed E-state index contributed by atoms with van der Waals surface area (Å²) in [6.07, 6.45) is 7.91. The maximum Gasteiger partial charge on any atom is 0.192 e. The number of nitrogens with zero attached hydrogens (tertiary/aromatic N) is 1. The molecule has 1 aliphatic rings. The maximum absolute atomic E-state index is 12.6. The molecule has 1 N–H and O–H groups in total. The predicted octanol–water partition coefficient (Wildman–Crippen LogP) is 3.36. The lowest BCUT2D eigenvalue weighted by Crippen LogP contribution is -2.31. The molecule has 0 radical (unpaired) electrons. The van der Waals surface area contributed by atoms with Gasteiger partial charge in [0.1, 0.15) is 6.10 Å². The molecule has 1 unspecified atom stereocenters. The second-order valence-electron chi connectivity index (χ2n) is 5.61. The number of hydrogen-bond donors (Lipinski definition) is 1. The molecule has 1 fully saturated rings. The van der Waals surface area contributed by atoms with Gasteiger partial charge in [-0.3, -0.25) is 9.78 Å². The molecular formula is C17H19NO2. The van der Waals surface area contributed by atoms with Gasteiger partial charge in [-0.2, -0.15) is 0 Å². The Kier molecular flexibility index (Phi) is 3.79. The first kappa shape index (κ1) is 13.3. The van der Waals surface area contributed by atoms with Crippen molar-refractivity contribution in [2.24, 2.45) is 5.92 Å². The number of aromatic nitrogens is 1. The van der Waals surface area contributed by atoms with Gasteiger partial charge in [0, 0.05) is 23.3 Å². The second kappa shape index (κ2) is 5.71. The van der Waals surface area contributed by atoms with Crippen molar-refractivity contribution < 1.29 is 9.90 Å². The van der Waals surface area contributed by atoms with Crippen molar-refractivity contribution in [3.63, 3.8) is 0 Å². The molecule has 1 aromatic carbocycles. The largest absolute Gasteiger partial charge is 0.385 e. The zero-order chi connectivity index (χ0) is 13.9. The van der Waals surface area contributed by atoms with Crippen molar-refractivity contribution in [3.05, 3.63) is 42.2 Å². The molecule has 2 aromatic rings. The minimum absolute atomic E-state index is 0.114. The van der Waals surface area contributed by atoms with E-state index in [4.69, 9.17) is 0 Å². The van der Waals surface area contributed by atoms with E-state index >= 15 is 0 Å². The first-order valence-electron chi connectivity index (χ1n) is 7.32. The molecule has 0 spiro atoms. The van der Waals surface area contributed by atoms with E-state index in [-0.39, 0.29) is 11.7 Å². The Morgan fingerprint density at radius 2 is 2.00 bits per heavy atom. The third-order valence-electron chi connectivity index (χ3n) is 4.31. The van der Waals surface area contributed by atoms with Crippen LogP contribution < -0.4 is 0 Å². The fourth-order valence-electron chi connectivity index (χ4n) is 3.15. The Bertz CT molecular complexity index is 612. The van der Waals surface area contributed by atoms with Crippen molar-refractivity contribution in [3.8, 4) is 0 Å². The highest BCUT2D eigenvalue weighted by Crippen LogP contribution is 2.29. The minimum Gasteiger partial charge on any atom is -0.385 e. The second-order valence-corrected chi connectivity index (χ2v) is 5.61. The van der Waals surface area contributed by atoms with Crippen LogP contribution in [0.15, 0.2) is 36.7 Å². The average molecular weight is 269 g/mol. The van der Waals surface area contributed by atoms with E-state index in [1.807, 2.05) is 18.2 Å². The SMILES string of the molecule is O=C(c1cccc2ccncc12)C(O)C1CCCCC1. The van der Waals surface area contributed by atoms with Crippen LogP contribution in [-0.4, -0.2) is 22.0 Å².